The van der Waals surface area contributed by atoms with Gasteiger partial charge in [-0.25, -0.2) is 19.2 Å². The number of aromatic nitrogens is 6. The van der Waals surface area contributed by atoms with Crippen molar-refractivity contribution in [3.63, 3.8) is 0 Å². The lowest BCUT2D eigenvalue weighted by molar-refractivity contribution is 0.255. The van der Waals surface area contributed by atoms with E-state index in [2.05, 4.69) is 15.3 Å². The van der Waals surface area contributed by atoms with Gasteiger partial charge in [-0.2, -0.15) is 4.98 Å². The zero-order valence-electron chi connectivity index (χ0n) is 20.2. The lowest BCUT2D eigenvalue weighted by Gasteiger charge is -2.26. The summed E-state index contributed by atoms with van der Waals surface area (Å²) in [4.78, 5) is 27.9. The van der Waals surface area contributed by atoms with E-state index in [-0.39, 0.29) is 17.5 Å². The van der Waals surface area contributed by atoms with E-state index in [0.29, 0.717) is 53.6 Å². The molecule has 3 aromatic heterocycles. The third-order valence-electron chi connectivity index (χ3n) is 7.56. The van der Waals surface area contributed by atoms with Gasteiger partial charge in [0.2, 0.25) is 5.95 Å². The second kappa shape index (κ2) is 8.81. The van der Waals surface area contributed by atoms with Crippen LogP contribution < -0.4 is 15.7 Å². The molecule has 0 bridgehead atoms. The van der Waals surface area contributed by atoms with Crippen molar-refractivity contribution in [2.24, 2.45) is 5.92 Å². The summed E-state index contributed by atoms with van der Waals surface area (Å²) in [5, 5.41) is 3.40. The number of benzene rings is 2. The molecule has 5 aromatic rings. The van der Waals surface area contributed by atoms with Gasteiger partial charge in [0.15, 0.2) is 5.65 Å². The van der Waals surface area contributed by atoms with Crippen LogP contribution in [0, 0.1) is 11.7 Å². The molecule has 0 amide bonds. The van der Waals surface area contributed by atoms with Crippen LogP contribution in [0.4, 0.5) is 4.39 Å². The minimum atomic E-state index is -0.362. The van der Waals surface area contributed by atoms with Crippen LogP contribution in [0.2, 0.25) is 0 Å². The van der Waals surface area contributed by atoms with Gasteiger partial charge in [0, 0.05) is 24.6 Å². The first-order valence-corrected chi connectivity index (χ1v) is 12.7. The monoisotopic (exact) mass is 499 g/mol. The Bertz CT molecular complexity index is 1680. The number of nitrogens with zero attached hydrogens (tertiary/aromatic N) is 6. The van der Waals surface area contributed by atoms with Crippen molar-refractivity contribution >= 4 is 22.2 Å². The molecule has 5 heterocycles. The number of fused-ring (bicyclic) bond motifs is 3. The molecule has 2 aliphatic rings. The summed E-state index contributed by atoms with van der Waals surface area (Å²) in [7, 11) is 0. The van der Waals surface area contributed by atoms with E-state index in [4.69, 9.17) is 9.72 Å². The highest BCUT2D eigenvalue weighted by molar-refractivity contribution is 5.78. The molecule has 0 unspecified atom stereocenters. The third-order valence-corrected chi connectivity index (χ3v) is 7.56. The molecule has 0 spiro atoms. The van der Waals surface area contributed by atoms with Crippen LogP contribution in [0.1, 0.15) is 30.9 Å². The number of hydrogen-bond acceptors (Lipinski definition) is 6. The smallest absolute Gasteiger partial charge is 0.330 e. The quantitative estimate of drug-likeness (QED) is 0.407. The van der Waals surface area contributed by atoms with Gasteiger partial charge < -0.3 is 10.1 Å². The lowest BCUT2D eigenvalue weighted by atomic mass is 9.98. The van der Waals surface area contributed by atoms with Crippen molar-refractivity contribution < 1.29 is 9.13 Å². The van der Waals surface area contributed by atoms with Crippen molar-refractivity contribution in [3.8, 4) is 11.7 Å². The van der Waals surface area contributed by atoms with E-state index in [1.807, 2.05) is 28.8 Å². The molecule has 0 aliphatic carbocycles. The van der Waals surface area contributed by atoms with Crippen LogP contribution in [0.3, 0.4) is 0 Å². The zero-order valence-corrected chi connectivity index (χ0v) is 20.2. The Morgan fingerprint density at radius 1 is 1.05 bits per heavy atom. The second-order valence-electron chi connectivity index (χ2n) is 9.77. The fourth-order valence-electron chi connectivity index (χ4n) is 5.68. The minimum absolute atomic E-state index is 0.0942. The van der Waals surface area contributed by atoms with Gasteiger partial charge in [-0.05, 0) is 50.0 Å². The summed E-state index contributed by atoms with van der Waals surface area (Å²) in [5.74, 6) is 1.17. The average Bonchev–Trinajstić information content (AvgIpc) is 3.47. The highest BCUT2D eigenvalue weighted by Crippen LogP contribution is 2.35. The Balaban J connectivity index is 1.43. The normalized spacial score (nSPS) is 18.2. The van der Waals surface area contributed by atoms with Crippen molar-refractivity contribution in [2.75, 3.05) is 19.7 Å². The Labute approximate surface area is 211 Å². The summed E-state index contributed by atoms with van der Waals surface area (Å²) in [5.41, 5.74) is 3.34. The molecule has 37 heavy (non-hydrogen) atoms. The molecule has 1 atom stereocenters. The molecule has 1 N–H and O–H groups in total. The molecule has 7 rings (SSSR count). The number of nitrogens with one attached hydrogen (secondary N) is 1. The van der Waals surface area contributed by atoms with Crippen LogP contribution >= 0.6 is 0 Å². The number of rotatable bonds is 4. The summed E-state index contributed by atoms with van der Waals surface area (Å²) in [6.45, 7) is 3.04. The van der Waals surface area contributed by atoms with E-state index >= 15 is 0 Å². The lowest BCUT2D eigenvalue weighted by Crippen LogP contribution is -2.34. The van der Waals surface area contributed by atoms with Gasteiger partial charge in [-0.1, -0.05) is 18.2 Å². The van der Waals surface area contributed by atoms with Crippen LogP contribution in [0.5, 0.6) is 5.75 Å². The van der Waals surface area contributed by atoms with Crippen LogP contribution in [0.25, 0.3) is 28.1 Å². The van der Waals surface area contributed by atoms with Crippen LogP contribution in [0.15, 0.2) is 59.8 Å². The topological polar surface area (TPSA) is 91.8 Å². The molecule has 1 fully saturated rings. The molecule has 9 nitrogen and oxygen atoms in total. The first-order chi connectivity index (χ1) is 18.2. The van der Waals surface area contributed by atoms with Gasteiger partial charge in [0.25, 0.3) is 0 Å². The highest BCUT2D eigenvalue weighted by atomic mass is 19.1. The van der Waals surface area contributed by atoms with Gasteiger partial charge in [0.1, 0.15) is 23.4 Å². The van der Waals surface area contributed by atoms with E-state index in [1.54, 1.807) is 27.7 Å². The summed E-state index contributed by atoms with van der Waals surface area (Å²) in [6, 6.07) is 12.1. The number of para-hydroxylation sites is 1. The zero-order chi connectivity index (χ0) is 24.9. The predicted octanol–water partition coefficient (Wildman–Crippen LogP) is 3.44. The maximum absolute atomic E-state index is 14.1. The Hall–Kier alpha value is -4.05. The van der Waals surface area contributed by atoms with E-state index < -0.39 is 0 Å². The number of halogens is 1. The fraction of sp³-hybridized carbons (Fsp3) is 0.333. The van der Waals surface area contributed by atoms with Crippen LogP contribution in [-0.2, 0) is 6.54 Å². The molecule has 0 radical (unpaired) electrons. The third kappa shape index (κ3) is 3.71. The number of piperidine rings is 1. The molecular formula is C27H26FN7O2. The largest absolute Gasteiger partial charge is 0.493 e. The SMILES string of the molecule is O=c1n(CC2CCNCC2)c2cnc(-n3cnc4ccc(F)cc43)nc2n1[C@@H]1CCOc2ccccc21. The van der Waals surface area contributed by atoms with Crippen molar-refractivity contribution in [2.45, 2.75) is 31.8 Å². The maximum atomic E-state index is 14.1. The molecule has 2 aromatic carbocycles. The van der Waals surface area contributed by atoms with Crippen molar-refractivity contribution in [3.05, 3.63) is 76.9 Å². The molecule has 1 saturated heterocycles. The number of ether oxygens (including phenoxy) is 1. The first kappa shape index (κ1) is 22.2. The standard InChI is InChI=1S/C27H26FN7O2/c28-18-5-6-20-22(13-18)34(16-31-20)26-30-14-23-25(32-26)35(21-9-12-37-24-4-2-1-3-19(21)24)27(36)33(23)15-17-7-10-29-11-8-17/h1-6,13-14,16-17,21,29H,7-12,15H2/t21-/m1/s1. The van der Waals surface area contributed by atoms with Gasteiger partial charge in [-0.15, -0.1) is 0 Å². The molecule has 188 valence electrons. The minimum Gasteiger partial charge on any atom is -0.493 e. The maximum Gasteiger partial charge on any atom is 0.330 e. The van der Waals surface area contributed by atoms with Gasteiger partial charge in [0.05, 0.1) is 29.9 Å². The summed E-state index contributed by atoms with van der Waals surface area (Å²) < 4.78 is 25.2. The molecule has 2 aliphatic heterocycles. The van der Waals surface area contributed by atoms with Gasteiger partial charge in [-0.3, -0.25) is 13.7 Å². The summed E-state index contributed by atoms with van der Waals surface area (Å²) in [6.07, 6.45) is 5.99. The molecular weight excluding hydrogens is 473 g/mol. The Morgan fingerprint density at radius 3 is 2.81 bits per heavy atom. The predicted molar refractivity (Wildman–Crippen MR) is 137 cm³/mol. The van der Waals surface area contributed by atoms with Crippen LogP contribution in [-0.4, -0.2) is 48.3 Å². The number of hydrogen-bond donors (Lipinski definition) is 1. The Morgan fingerprint density at radius 2 is 1.92 bits per heavy atom. The van der Waals surface area contributed by atoms with Gasteiger partial charge >= 0.3 is 5.69 Å². The average molecular weight is 500 g/mol. The van der Waals surface area contributed by atoms with E-state index in [9.17, 15) is 9.18 Å². The van der Waals surface area contributed by atoms with E-state index in [0.717, 1.165) is 37.2 Å². The van der Waals surface area contributed by atoms with E-state index in [1.165, 1.54) is 12.1 Å². The number of imidazole rings is 2. The second-order valence-corrected chi connectivity index (χ2v) is 9.77. The Kier molecular flexibility index (Phi) is 5.28. The highest BCUT2D eigenvalue weighted by Gasteiger charge is 2.29. The fourth-order valence-corrected chi connectivity index (χ4v) is 5.68. The molecule has 0 saturated carbocycles. The molecule has 10 heteroatoms. The summed E-state index contributed by atoms with van der Waals surface area (Å²) >= 11 is 0. The first-order valence-electron chi connectivity index (χ1n) is 12.7. The van der Waals surface area contributed by atoms with Crippen molar-refractivity contribution in [1.29, 1.82) is 0 Å². The van der Waals surface area contributed by atoms with Crippen molar-refractivity contribution in [1.82, 2.24) is 34.0 Å².